The van der Waals surface area contributed by atoms with Gasteiger partial charge in [0.2, 0.25) is 5.91 Å². The van der Waals surface area contributed by atoms with Gasteiger partial charge in [-0.15, -0.1) is 0 Å². The van der Waals surface area contributed by atoms with Crippen molar-refractivity contribution in [3.8, 4) is 0 Å². The first-order valence-corrected chi connectivity index (χ1v) is 13.8. The highest BCUT2D eigenvalue weighted by Crippen LogP contribution is 2.31. The van der Waals surface area contributed by atoms with E-state index in [1.54, 1.807) is 18.2 Å². The molecule has 0 spiro atoms. The van der Waals surface area contributed by atoms with Gasteiger partial charge in [0.25, 0.3) is 5.91 Å². The monoisotopic (exact) mass is 528 g/mol. The molecule has 5 rings (SSSR count). The molecule has 192 valence electrons. The number of halogens is 2. The summed E-state index contributed by atoms with van der Waals surface area (Å²) in [5.74, 6) is 0.116. The number of rotatable bonds is 5. The molecule has 3 aliphatic heterocycles. The Morgan fingerprint density at radius 3 is 2.58 bits per heavy atom. The standard InChI is InChI=1S/C28H34Cl2N4O2/c29-24-11-9-20(15-25(24)30)27(35)32-13-4-7-23(18-32)33-14-12-22(10-8-19-5-2-1-3-6-19)34-17-21(31)16-26(34)28(33)36/h1-3,5-6,9,11,15,21-23,26H,4,7-8,10,12-14,16-18,31H2/t21-,22?,23-,26+/m1/s1. The summed E-state index contributed by atoms with van der Waals surface area (Å²) in [4.78, 5) is 33.3. The van der Waals surface area contributed by atoms with Crippen LogP contribution in [-0.2, 0) is 11.2 Å². The van der Waals surface area contributed by atoms with Crippen LogP contribution in [0.4, 0.5) is 0 Å². The SMILES string of the molecule is N[C@@H]1C[C@H]2C(=O)N([C@@H]3CCCN(C(=O)c4ccc(Cl)c(Cl)c4)C3)CCC(CCc3ccccc3)N2C1. The molecule has 2 amide bonds. The predicted molar refractivity (Wildman–Crippen MR) is 143 cm³/mol. The molecular formula is C28H34Cl2N4O2. The summed E-state index contributed by atoms with van der Waals surface area (Å²) in [6.07, 6.45) is 5.42. The second-order valence-corrected chi connectivity index (χ2v) is 11.2. The largest absolute Gasteiger partial charge is 0.337 e. The number of hydrogen-bond donors (Lipinski definition) is 1. The molecule has 1 unspecified atom stereocenters. The van der Waals surface area contributed by atoms with E-state index in [4.69, 9.17) is 28.9 Å². The Labute approximate surface area is 223 Å². The van der Waals surface area contributed by atoms with Crippen LogP contribution in [0.5, 0.6) is 0 Å². The number of aryl methyl sites for hydroxylation is 1. The zero-order valence-corrected chi connectivity index (χ0v) is 22.0. The number of nitrogens with zero attached hydrogens (tertiary/aromatic N) is 3. The van der Waals surface area contributed by atoms with Gasteiger partial charge in [-0.05, 0) is 62.3 Å². The van der Waals surface area contributed by atoms with Crippen LogP contribution in [0.3, 0.4) is 0 Å². The lowest BCUT2D eigenvalue weighted by Crippen LogP contribution is -2.54. The van der Waals surface area contributed by atoms with Crippen LogP contribution in [-0.4, -0.2) is 76.9 Å². The number of hydrogen-bond acceptors (Lipinski definition) is 4. The molecular weight excluding hydrogens is 495 g/mol. The van der Waals surface area contributed by atoms with Crippen molar-refractivity contribution in [2.24, 2.45) is 5.73 Å². The van der Waals surface area contributed by atoms with Gasteiger partial charge in [0.15, 0.2) is 0 Å². The second kappa shape index (κ2) is 11.1. The molecule has 0 bridgehead atoms. The minimum atomic E-state index is -0.163. The lowest BCUT2D eigenvalue weighted by Gasteiger charge is -2.40. The first-order valence-electron chi connectivity index (χ1n) is 13.0. The Morgan fingerprint density at radius 1 is 1.00 bits per heavy atom. The summed E-state index contributed by atoms with van der Waals surface area (Å²) in [6, 6.07) is 15.7. The number of likely N-dealkylation sites (tertiary alicyclic amines) is 1. The molecule has 3 fully saturated rings. The van der Waals surface area contributed by atoms with E-state index in [-0.39, 0.29) is 29.9 Å². The van der Waals surface area contributed by atoms with Crippen LogP contribution in [0.2, 0.25) is 10.0 Å². The minimum absolute atomic E-state index is 0.0181. The molecule has 0 radical (unpaired) electrons. The van der Waals surface area contributed by atoms with Gasteiger partial charge in [0.05, 0.1) is 16.1 Å². The molecule has 4 atom stereocenters. The van der Waals surface area contributed by atoms with Crippen LogP contribution in [0.1, 0.15) is 48.0 Å². The van der Waals surface area contributed by atoms with E-state index >= 15 is 0 Å². The van der Waals surface area contributed by atoms with Gasteiger partial charge < -0.3 is 15.5 Å². The Balaban J connectivity index is 1.29. The molecule has 0 aromatic heterocycles. The van der Waals surface area contributed by atoms with Crippen molar-refractivity contribution >= 4 is 35.0 Å². The fourth-order valence-electron chi connectivity index (χ4n) is 6.15. The average molecular weight is 530 g/mol. The molecule has 8 heteroatoms. The molecule has 2 N–H and O–H groups in total. The maximum absolute atomic E-state index is 13.8. The first-order chi connectivity index (χ1) is 17.4. The summed E-state index contributed by atoms with van der Waals surface area (Å²) in [7, 11) is 0. The van der Waals surface area contributed by atoms with Crippen molar-refractivity contribution < 1.29 is 9.59 Å². The maximum atomic E-state index is 13.8. The molecule has 0 aliphatic carbocycles. The maximum Gasteiger partial charge on any atom is 0.253 e. The van der Waals surface area contributed by atoms with E-state index in [2.05, 4.69) is 34.1 Å². The van der Waals surface area contributed by atoms with Crippen LogP contribution in [0, 0.1) is 0 Å². The van der Waals surface area contributed by atoms with Crippen molar-refractivity contribution in [3.63, 3.8) is 0 Å². The smallest absolute Gasteiger partial charge is 0.253 e. The molecule has 0 saturated carbocycles. The number of carbonyl (C=O) groups excluding carboxylic acids is 2. The molecule has 3 aliphatic rings. The van der Waals surface area contributed by atoms with Gasteiger partial charge in [-0.1, -0.05) is 53.5 Å². The molecule has 36 heavy (non-hydrogen) atoms. The summed E-state index contributed by atoms with van der Waals surface area (Å²) < 4.78 is 0. The van der Waals surface area contributed by atoms with Crippen LogP contribution < -0.4 is 5.73 Å². The van der Waals surface area contributed by atoms with E-state index in [9.17, 15) is 9.59 Å². The number of nitrogens with two attached hydrogens (primary N) is 1. The second-order valence-electron chi connectivity index (χ2n) is 10.4. The fraction of sp³-hybridized carbons (Fsp3) is 0.500. The van der Waals surface area contributed by atoms with Crippen LogP contribution in [0.25, 0.3) is 0 Å². The average Bonchev–Trinajstić information content (AvgIpc) is 3.23. The third-order valence-corrected chi connectivity index (χ3v) is 8.75. The predicted octanol–water partition coefficient (Wildman–Crippen LogP) is 4.23. The summed E-state index contributed by atoms with van der Waals surface area (Å²) in [5.41, 5.74) is 8.22. The molecule has 2 aromatic carbocycles. The summed E-state index contributed by atoms with van der Waals surface area (Å²) in [6.45, 7) is 2.71. The van der Waals surface area contributed by atoms with Gasteiger partial charge in [-0.25, -0.2) is 0 Å². The Bertz CT molecular complexity index is 1100. The van der Waals surface area contributed by atoms with E-state index in [0.29, 0.717) is 41.2 Å². The minimum Gasteiger partial charge on any atom is -0.337 e. The number of amides is 2. The number of fused-ring (bicyclic) bond motifs is 1. The van der Waals surface area contributed by atoms with Crippen molar-refractivity contribution in [1.29, 1.82) is 0 Å². The van der Waals surface area contributed by atoms with E-state index < -0.39 is 0 Å². The number of piperidine rings is 1. The lowest BCUT2D eigenvalue weighted by molar-refractivity contribution is -0.138. The molecule has 3 heterocycles. The van der Waals surface area contributed by atoms with Crippen LogP contribution >= 0.6 is 23.2 Å². The van der Waals surface area contributed by atoms with E-state index in [0.717, 1.165) is 45.2 Å². The van der Waals surface area contributed by atoms with Crippen molar-refractivity contribution in [2.45, 2.75) is 62.7 Å². The summed E-state index contributed by atoms with van der Waals surface area (Å²) in [5, 5.41) is 0.805. The Morgan fingerprint density at radius 2 is 1.81 bits per heavy atom. The van der Waals surface area contributed by atoms with Crippen molar-refractivity contribution in [2.75, 3.05) is 26.2 Å². The Hall–Kier alpha value is -2.12. The molecule has 3 saturated heterocycles. The lowest BCUT2D eigenvalue weighted by atomic mass is 10.00. The quantitative estimate of drug-likeness (QED) is 0.630. The van der Waals surface area contributed by atoms with Gasteiger partial charge >= 0.3 is 0 Å². The van der Waals surface area contributed by atoms with Gasteiger partial charge in [0, 0.05) is 49.9 Å². The van der Waals surface area contributed by atoms with E-state index in [1.165, 1.54) is 5.56 Å². The summed E-state index contributed by atoms with van der Waals surface area (Å²) >= 11 is 12.2. The normalized spacial score (nSPS) is 27.1. The molecule has 6 nitrogen and oxygen atoms in total. The number of benzene rings is 2. The molecule has 2 aromatic rings. The van der Waals surface area contributed by atoms with Crippen LogP contribution in [0.15, 0.2) is 48.5 Å². The first kappa shape index (κ1) is 25.5. The highest BCUT2D eigenvalue weighted by Gasteiger charge is 2.45. The van der Waals surface area contributed by atoms with E-state index in [1.807, 2.05) is 11.0 Å². The topological polar surface area (TPSA) is 69.9 Å². The number of carbonyl (C=O) groups is 2. The zero-order chi connectivity index (χ0) is 25.2. The van der Waals surface area contributed by atoms with Crippen molar-refractivity contribution in [3.05, 3.63) is 69.7 Å². The Kier molecular flexibility index (Phi) is 7.87. The highest BCUT2D eigenvalue weighted by atomic mass is 35.5. The highest BCUT2D eigenvalue weighted by molar-refractivity contribution is 6.42. The van der Waals surface area contributed by atoms with Gasteiger partial charge in [0.1, 0.15) is 0 Å². The fourth-order valence-corrected chi connectivity index (χ4v) is 6.45. The zero-order valence-electron chi connectivity index (χ0n) is 20.5. The van der Waals surface area contributed by atoms with Gasteiger partial charge in [-0.2, -0.15) is 0 Å². The third kappa shape index (κ3) is 5.42. The third-order valence-electron chi connectivity index (χ3n) is 8.01. The van der Waals surface area contributed by atoms with Gasteiger partial charge in [-0.3, -0.25) is 14.5 Å². The van der Waals surface area contributed by atoms with Crippen molar-refractivity contribution in [1.82, 2.24) is 14.7 Å².